The fraction of sp³-hybridized carbons (Fsp3) is 0.136. The van der Waals surface area contributed by atoms with Crippen LogP contribution in [-0.4, -0.2) is 20.4 Å². The van der Waals surface area contributed by atoms with E-state index in [1.807, 2.05) is 23.7 Å². The second kappa shape index (κ2) is 8.81. The summed E-state index contributed by atoms with van der Waals surface area (Å²) in [6.07, 6.45) is 3.71. The van der Waals surface area contributed by atoms with Gasteiger partial charge in [-0.3, -0.25) is 14.3 Å². The average Bonchev–Trinajstić information content (AvgIpc) is 3.38. The molecule has 0 spiro atoms. The second-order valence-corrected chi connectivity index (χ2v) is 8.36. The van der Waals surface area contributed by atoms with Crippen molar-refractivity contribution in [3.8, 4) is 5.69 Å². The van der Waals surface area contributed by atoms with Crippen molar-refractivity contribution in [3.05, 3.63) is 83.4 Å². The minimum absolute atomic E-state index is 0.202. The maximum atomic E-state index is 14.2. The van der Waals surface area contributed by atoms with Crippen molar-refractivity contribution in [2.75, 3.05) is 4.90 Å². The predicted octanol–water partition coefficient (Wildman–Crippen LogP) is 5.75. The monoisotopic (exact) mass is 438 g/mol. The van der Waals surface area contributed by atoms with Crippen LogP contribution in [0.5, 0.6) is 0 Å². The van der Waals surface area contributed by atoms with Crippen molar-refractivity contribution >= 4 is 39.8 Å². The number of rotatable bonds is 6. The molecule has 2 aromatic heterocycles. The van der Waals surface area contributed by atoms with E-state index in [2.05, 4.69) is 33.6 Å². The Morgan fingerprint density at radius 3 is 2.73 bits per heavy atom. The molecule has 0 aliphatic rings. The lowest BCUT2D eigenvalue weighted by Gasteiger charge is -2.18. The molecule has 5 nitrogen and oxygen atoms in total. The number of imidazole rings is 1. The first-order chi connectivity index (χ1) is 14.5. The Morgan fingerprint density at radius 1 is 1.20 bits per heavy atom. The molecule has 0 bridgehead atoms. The molecule has 30 heavy (non-hydrogen) atoms. The maximum Gasteiger partial charge on any atom is 0.230 e. The van der Waals surface area contributed by atoms with Crippen LogP contribution in [0.1, 0.15) is 18.2 Å². The lowest BCUT2D eigenvalue weighted by atomic mass is 10.2. The Labute approximate surface area is 182 Å². The molecular weight excluding hydrogens is 419 g/mol. The van der Waals surface area contributed by atoms with Gasteiger partial charge in [0.2, 0.25) is 5.91 Å². The van der Waals surface area contributed by atoms with Gasteiger partial charge >= 0.3 is 0 Å². The van der Waals surface area contributed by atoms with Crippen molar-refractivity contribution in [3.63, 3.8) is 0 Å². The molecule has 0 aliphatic carbocycles. The summed E-state index contributed by atoms with van der Waals surface area (Å²) in [5.41, 5.74) is 3.25. The SMILES string of the molecule is CC(=O)N(c1nc(CSc2nccn2-c2ccccc2C)cs1)c1ccccc1F. The van der Waals surface area contributed by atoms with Gasteiger partial charge in [0, 0.05) is 30.5 Å². The van der Waals surface area contributed by atoms with E-state index < -0.39 is 5.82 Å². The lowest BCUT2D eigenvalue weighted by Crippen LogP contribution is -2.23. The summed E-state index contributed by atoms with van der Waals surface area (Å²) < 4.78 is 16.3. The van der Waals surface area contributed by atoms with Gasteiger partial charge in [-0.05, 0) is 30.7 Å². The molecule has 0 unspecified atom stereocenters. The smallest absolute Gasteiger partial charge is 0.230 e. The number of amides is 1. The summed E-state index contributed by atoms with van der Waals surface area (Å²) in [7, 11) is 0. The fourth-order valence-corrected chi connectivity index (χ4v) is 4.90. The first kappa shape index (κ1) is 20.3. The van der Waals surface area contributed by atoms with E-state index in [0.717, 1.165) is 22.1 Å². The number of para-hydroxylation sites is 2. The fourth-order valence-electron chi connectivity index (χ4n) is 3.06. The minimum Gasteiger partial charge on any atom is -0.295 e. The molecule has 0 aliphatic heterocycles. The zero-order chi connectivity index (χ0) is 21.1. The van der Waals surface area contributed by atoms with Gasteiger partial charge in [0.15, 0.2) is 10.3 Å². The first-order valence-corrected chi connectivity index (χ1v) is 11.1. The summed E-state index contributed by atoms with van der Waals surface area (Å²) in [4.78, 5) is 22.5. The van der Waals surface area contributed by atoms with Crippen LogP contribution in [0.15, 0.2) is 71.5 Å². The minimum atomic E-state index is -0.459. The third kappa shape index (κ3) is 4.15. The van der Waals surface area contributed by atoms with Crippen molar-refractivity contribution in [2.45, 2.75) is 24.8 Å². The number of benzene rings is 2. The van der Waals surface area contributed by atoms with Crippen molar-refractivity contribution < 1.29 is 9.18 Å². The zero-order valence-electron chi connectivity index (χ0n) is 16.4. The highest BCUT2D eigenvalue weighted by atomic mass is 32.2. The molecule has 2 aromatic carbocycles. The molecule has 4 aromatic rings. The van der Waals surface area contributed by atoms with Gasteiger partial charge in [-0.15, -0.1) is 11.3 Å². The molecule has 0 atom stereocenters. The molecule has 1 amide bonds. The Hall–Kier alpha value is -2.97. The number of hydrogen-bond acceptors (Lipinski definition) is 5. The standard InChI is InChI=1S/C22H19FN4OS2/c1-15-7-3-5-9-19(15)26-12-11-24-21(26)29-13-17-14-30-22(25-17)27(16(2)28)20-10-6-4-8-18(20)23/h3-12,14H,13H2,1-2H3. The average molecular weight is 439 g/mol. The van der Waals surface area contributed by atoms with E-state index in [0.29, 0.717) is 10.9 Å². The van der Waals surface area contributed by atoms with Gasteiger partial charge in [0.25, 0.3) is 0 Å². The van der Waals surface area contributed by atoms with Gasteiger partial charge in [-0.25, -0.2) is 14.4 Å². The second-order valence-electron chi connectivity index (χ2n) is 6.58. The van der Waals surface area contributed by atoms with Gasteiger partial charge < -0.3 is 0 Å². The highest BCUT2D eigenvalue weighted by Crippen LogP contribution is 2.32. The third-order valence-corrected chi connectivity index (χ3v) is 6.35. The molecular formula is C22H19FN4OS2. The van der Waals surface area contributed by atoms with Crippen LogP contribution in [0.4, 0.5) is 15.2 Å². The van der Waals surface area contributed by atoms with Crippen molar-refractivity contribution in [2.24, 2.45) is 0 Å². The number of thioether (sulfide) groups is 1. The van der Waals surface area contributed by atoms with Crippen LogP contribution in [0, 0.1) is 12.7 Å². The predicted molar refractivity (Wildman–Crippen MR) is 119 cm³/mol. The van der Waals surface area contributed by atoms with Crippen LogP contribution < -0.4 is 4.90 Å². The zero-order valence-corrected chi connectivity index (χ0v) is 18.1. The summed E-state index contributed by atoms with van der Waals surface area (Å²) in [6, 6.07) is 14.3. The molecule has 4 rings (SSSR count). The van der Waals surface area contributed by atoms with Gasteiger partial charge in [-0.2, -0.15) is 0 Å². The molecule has 2 heterocycles. The number of carbonyl (C=O) groups is 1. The van der Waals surface area contributed by atoms with Gasteiger partial charge in [-0.1, -0.05) is 42.1 Å². The van der Waals surface area contributed by atoms with Crippen LogP contribution in [0.3, 0.4) is 0 Å². The number of halogens is 1. The summed E-state index contributed by atoms with van der Waals surface area (Å²) in [5.74, 6) is -0.162. The number of carbonyl (C=O) groups excluding carboxylic acids is 1. The Kier molecular flexibility index (Phi) is 5.96. The number of anilines is 2. The molecule has 0 saturated carbocycles. The number of aryl methyl sites for hydroxylation is 1. The number of hydrogen-bond donors (Lipinski definition) is 0. The van der Waals surface area contributed by atoms with Crippen LogP contribution in [0.25, 0.3) is 5.69 Å². The maximum absolute atomic E-state index is 14.2. The Balaban J connectivity index is 1.54. The van der Waals surface area contributed by atoms with Crippen LogP contribution in [0.2, 0.25) is 0 Å². The van der Waals surface area contributed by atoms with Crippen molar-refractivity contribution in [1.29, 1.82) is 0 Å². The topological polar surface area (TPSA) is 51.0 Å². The van der Waals surface area contributed by atoms with E-state index in [9.17, 15) is 9.18 Å². The summed E-state index contributed by atoms with van der Waals surface area (Å²) in [5, 5.41) is 3.20. The van der Waals surface area contributed by atoms with Gasteiger partial charge in [0.05, 0.1) is 17.1 Å². The van der Waals surface area contributed by atoms with Crippen molar-refractivity contribution in [1.82, 2.24) is 14.5 Å². The molecule has 0 fully saturated rings. The summed E-state index contributed by atoms with van der Waals surface area (Å²) in [6.45, 7) is 3.47. The lowest BCUT2D eigenvalue weighted by molar-refractivity contribution is -0.115. The van der Waals surface area contributed by atoms with E-state index in [1.54, 1.807) is 36.2 Å². The first-order valence-electron chi connectivity index (χ1n) is 9.26. The van der Waals surface area contributed by atoms with E-state index in [4.69, 9.17) is 0 Å². The number of aromatic nitrogens is 3. The normalized spacial score (nSPS) is 10.9. The molecule has 152 valence electrons. The van der Waals surface area contributed by atoms with E-state index >= 15 is 0 Å². The highest BCUT2D eigenvalue weighted by Gasteiger charge is 2.21. The quantitative estimate of drug-likeness (QED) is 0.360. The molecule has 8 heteroatoms. The molecule has 0 radical (unpaired) electrons. The number of thiazole rings is 1. The summed E-state index contributed by atoms with van der Waals surface area (Å²) >= 11 is 2.88. The highest BCUT2D eigenvalue weighted by molar-refractivity contribution is 7.98. The third-order valence-electron chi connectivity index (χ3n) is 4.47. The van der Waals surface area contributed by atoms with Crippen LogP contribution >= 0.6 is 23.1 Å². The largest absolute Gasteiger partial charge is 0.295 e. The molecule has 0 N–H and O–H groups in total. The van der Waals surface area contributed by atoms with E-state index in [-0.39, 0.29) is 11.6 Å². The van der Waals surface area contributed by atoms with E-state index in [1.165, 1.54) is 29.2 Å². The van der Waals surface area contributed by atoms with Gasteiger partial charge in [0.1, 0.15) is 5.82 Å². The van der Waals surface area contributed by atoms with Crippen LogP contribution in [-0.2, 0) is 10.5 Å². The Morgan fingerprint density at radius 2 is 1.97 bits per heavy atom. The Bertz CT molecular complexity index is 1190. The number of nitrogens with zero attached hydrogens (tertiary/aromatic N) is 4. The molecule has 0 saturated heterocycles.